The van der Waals surface area contributed by atoms with Crippen molar-refractivity contribution in [2.24, 2.45) is 0 Å². The molecule has 2 N–H and O–H groups in total. The number of phosphoric acid groups is 1. The lowest BCUT2D eigenvalue weighted by Gasteiger charge is -2.21. The molecule has 0 radical (unpaired) electrons. The Morgan fingerprint density at radius 2 is 0.650 bits per heavy atom. The van der Waals surface area contributed by atoms with Gasteiger partial charge in [0.25, 0.3) is 0 Å². The number of aliphatic hydroxyl groups is 1. The van der Waals surface area contributed by atoms with Crippen LogP contribution in [0, 0.1) is 0 Å². The lowest BCUT2D eigenvalue weighted by atomic mass is 10.1. The molecular formula is C68H117O11P. The Balaban J connectivity index is 4.77. The van der Waals surface area contributed by atoms with Gasteiger partial charge in [-0.05, 0) is 122 Å². The van der Waals surface area contributed by atoms with E-state index in [1.807, 2.05) is 0 Å². The monoisotopic (exact) mass is 1140 g/mol. The Morgan fingerprint density at radius 1 is 0.362 bits per heavy atom. The Bertz CT molecular complexity index is 1710. The molecule has 80 heavy (non-hydrogen) atoms. The summed E-state index contributed by atoms with van der Waals surface area (Å²) in [5.74, 6) is -1.51. The molecule has 0 aromatic rings. The summed E-state index contributed by atoms with van der Waals surface area (Å²) in [6, 6.07) is 0. The van der Waals surface area contributed by atoms with Crippen LogP contribution in [0.3, 0.4) is 0 Å². The minimum absolute atomic E-state index is 0.123. The molecule has 0 heterocycles. The number of rotatable bonds is 59. The SMILES string of the molecule is CC/C=C\C/C=C\C/C=C\C/C=C\C/C=C\CCCCCC(=O)OC(COC(=O)CCCCCCCCC/C=C\C/C=C\CCCCC)COP(=O)(O)OCC(CO)OC(=O)CCCCCCCCC/C=C\CCCCCCCC. The van der Waals surface area contributed by atoms with Crippen LogP contribution in [-0.4, -0.2) is 66.5 Å². The van der Waals surface area contributed by atoms with Crippen molar-refractivity contribution in [3.8, 4) is 0 Å². The van der Waals surface area contributed by atoms with Crippen molar-refractivity contribution in [3.05, 3.63) is 97.2 Å². The fraction of sp³-hybridized carbons (Fsp3) is 0.721. The zero-order valence-electron chi connectivity index (χ0n) is 51.0. The number of carbonyl (C=O) groups excluding carboxylic acids is 3. The number of phosphoric ester groups is 1. The molecule has 0 aliphatic rings. The van der Waals surface area contributed by atoms with Crippen LogP contribution in [0.2, 0.25) is 0 Å². The Kier molecular flexibility index (Phi) is 58.7. The maximum atomic E-state index is 13.0. The third kappa shape index (κ3) is 59.0. The van der Waals surface area contributed by atoms with E-state index in [1.165, 1.54) is 103 Å². The van der Waals surface area contributed by atoms with Crippen LogP contribution in [0.25, 0.3) is 0 Å². The van der Waals surface area contributed by atoms with E-state index in [2.05, 4.69) is 118 Å². The van der Waals surface area contributed by atoms with E-state index in [0.29, 0.717) is 19.3 Å². The first kappa shape index (κ1) is 76.4. The summed E-state index contributed by atoms with van der Waals surface area (Å²) in [4.78, 5) is 48.8. The number of allylic oxidation sites excluding steroid dienone is 16. The number of aliphatic hydroxyl groups excluding tert-OH is 1. The Labute approximate surface area is 489 Å². The first-order chi connectivity index (χ1) is 39.2. The van der Waals surface area contributed by atoms with Gasteiger partial charge in [0.15, 0.2) is 6.10 Å². The molecule has 0 spiro atoms. The molecule has 0 saturated heterocycles. The van der Waals surface area contributed by atoms with Crippen LogP contribution in [0.1, 0.15) is 278 Å². The molecule has 0 saturated carbocycles. The van der Waals surface area contributed by atoms with Gasteiger partial charge in [0.05, 0.1) is 19.8 Å². The van der Waals surface area contributed by atoms with Crippen LogP contribution in [0.5, 0.6) is 0 Å². The fourth-order valence-corrected chi connectivity index (χ4v) is 9.37. The molecule has 12 heteroatoms. The van der Waals surface area contributed by atoms with Gasteiger partial charge in [-0.25, -0.2) is 4.57 Å². The van der Waals surface area contributed by atoms with Crippen molar-refractivity contribution < 1.29 is 52.2 Å². The average molecular weight is 1140 g/mol. The van der Waals surface area contributed by atoms with Gasteiger partial charge in [0.1, 0.15) is 12.7 Å². The van der Waals surface area contributed by atoms with Gasteiger partial charge >= 0.3 is 25.7 Å². The largest absolute Gasteiger partial charge is 0.472 e. The molecule has 11 nitrogen and oxygen atoms in total. The van der Waals surface area contributed by atoms with Gasteiger partial charge in [-0.3, -0.25) is 23.4 Å². The first-order valence-corrected chi connectivity index (χ1v) is 33.6. The normalized spacial score (nSPS) is 13.9. The van der Waals surface area contributed by atoms with E-state index in [-0.39, 0.29) is 25.9 Å². The highest BCUT2D eigenvalue weighted by Gasteiger charge is 2.28. The Hall–Kier alpha value is -3.60. The smallest absolute Gasteiger partial charge is 0.462 e. The summed E-state index contributed by atoms with van der Waals surface area (Å²) in [5, 5.41) is 9.86. The molecule has 0 rings (SSSR count). The second kappa shape index (κ2) is 61.5. The van der Waals surface area contributed by atoms with Crippen molar-refractivity contribution >= 4 is 25.7 Å². The highest BCUT2D eigenvalue weighted by molar-refractivity contribution is 7.47. The molecule has 0 aliphatic heterocycles. The van der Waals surface area contributed by atoms with Crippen molar-refractivity contribution in [2.45, 2.75) is 290 Å². The van der Waals surface area contributed by atoms with Gasteiger partial charge in [-0.1, -0.05) is 234 Å². The molecular weight excluding hydrogens is 1020 g/mol. The third-order valence-electron chi connectivity index (χ3n) is 13.5. The molecule has 0 amide bonds. The van der Waals surface area contributed by atoms with Crippen LogP contribution in [0.15, 0.2) is 97.2 Å². The summed E-state index contributed by atoms with van der Waals surface area (Å²) in [6.07, 6.45) is 73.5. The summed E-state index contributed by atoms with van der Waals surface area (Å²) < 4.78 is 39.7. The minimum Gasteiger partial charge on any atom is -0.462 e. The van der Waals surface area contributed by atoms with Gasteiger partial charge in [0.2, 0.25) is 0 Å². The van der Waals surface area contributed by atoms with E-state index < -0.39 is 57.8 Å². The summed E-state index contributed by atoms with van der Waals surface area (Å²) in [7, 11) is -4.77. The first-order valence-electron chi connectivity index (χ1n) is 32.1. The number of unbranched alkanes of at least 4 members (excludes halogenated alkanes) is 26. The number of esters is 3. The summed E-state index contributed by atoms with van der Waals surface area (Å²) >= 11 is 0. The summed E-state index contributed by atoms with van der Waals surface area (Å²) in [6.45, 7) is 4.48. The zero-order valence-corrected chi connectivity index (χ0v) is 51.9. The summed E-state index contributed by atoms with van der Waals surface area (Å²) in [5.41, 5.74) is 0. The standard InChI is InChI=1S/C68H117O11P/c1-4-7-10-13-16-19-22-25-28-31-32-35-38-41-44-47-50-53-56-59-68(72)79-65(61-75-66(70)57-54-51-48-45-42-39-36-33-29-26-23-20-17-14-11-8-5-2)63-77-80(73,74)76-62-64(60-69)78-67(71)58-55-52-49-46-43-40-37-34-30-27-24-21-18-15-12-9-6-3/h7,10,16-17,19-20,25-30,32,35,41,44,64-65,69H,4-6,8-9,11-15,18,21-24,31,33-34,36-40,42-43,45-63H2,1-3H3,(H,73,74)/b10-7-,19-16-,20-17-,28-25-,29-26-,30-27-,35-32-,44-41-. The molecule has 3 unspecified atom stereocenters. The second-order valence-corrected chi connectivity index (χ2v) is 22.6. The van der Waals surface area contributed by atoms with Gasteiger partial charge < -0.3 is 24.2 Å². The molecule has 3 atom stereocenters. The van der Waals surface area contributed by atoms with Crippen molar-refractivity contribution in [1.29, 1.82) is 0 Å². The minimum atomic E-state index is -4.77. The van der Waals surface area contributed by atoms with Crippen molar-refractivity contribution in [3.63, 3.8) is 0 Å². The number of carbonyl (C=O) groups is 3. The average Bonchev–Trinajstić information content (AvgIpc) is 3.45. The molecule has 0 fully saturated rings. The van der Waals surface area contributed by atoms with Crippen LogP contribution in [-0.2, 0) is 42.2 Å². The van der Waals surface area contributed by atoms with E-state index in [9.17, 15) is 28.9 Å². The molecule has 460 valence electrons. The quantitative estimate of drug-likeness (QED) is 0.0197. The van der Waals surface area contributed by atoms with Crippen LogP contribution < -0.4 is 0 Å². The van der Waals surface area contributed by atoms with Gasteiger partial charge in [0, 0.05) is 19.3 Å². The number of hydrogen-bond acceptors (Lipinski definition) is 10. The maximum Gasteiger partial charge on any atom is 0.472 e. The Morgan fingerprint density at radius 3 is 1.05 bits per heavy atom. The predicted octanol–water partition coefficient (Wildman–Crippen LogP) is 19.6. The van der Waals surface area contributed by atoms with E-state index >= 15 is 0 Å². The molecule has 0 aromatic heterocycles. The van der Waals surface area contributed by atoms with E-state index in [4.69, 9.17) is 23.3 Å². The predicted molar refractivity (Wildman–Crippen MR) is 334 cm³/mol. The van der Waals surface area contributed by atoms with Crippen LogP contribution >= 0.6 is 7.82 Å². The highest BCUT2D eigenvalue weighted by Crippen LogP contribution is 2.43. The molecule has 0 bridgehead atoms. The lowest BCUT2D eigenvalue weighted by Crippen LogP contribution is -2.30. The van der Waals surface area contributed by atoms with E-state index in [1.54, 1.807) is 0 Å². The molecule has 0 aliphatic carbocycles. The van der Waals surface area contributed by atoms with Gasteiger partial charge in [-0.15, -0.1) is 0 Å². The van der Waals surface area contributed by atoms with Crippen molar-refractivity contribution in [2.75, 3.05) is 26.4 Å². The number of hydrogen-bond donors (Lipinski definition) is 2. The maximum absolute atomic E-state index is 13.0. The second-order valence-electron chi connectivity index (χ2n) is 21.2. The van der Waals surface area contributed by atoms with Gasteiger partial charge in [-0.2, -0.15) is 0 Å². The number of ether oxygens (including phenoxy) is 3. The van der Waals surface area contributed by atoms with E-state index in [0.717, 1.165) is 116 Å². The third-order valence-corrected chi connectivity index (χ3v) is 14.4. The van der Waals surface area contributed by atoms with Crippen LogP contribution in [0.4, 0.5) is 0 Å². The molecule has 0 aromatic carbocycles. The zero-order chi connectivity index (χ0) is 58.3. The lowest BCUT2D eigenvalue weighted by molar-refractivity contribution is -0.161. The van der Waals surface area contributed by atoms with Crippen molar-refractivity contribution in [1.82, 2.24) is 0 Å². The topological polar surface area (TPSA) is 155 Å². The fourth-order valence-electron chi connectivity index (χ4n) is 8.58. The highest BCUT2D eigenvalue weighted by atomic mass is 31.2.